The first-order chi connectivity index (χ1) is 9.12. The lowest BCUT2D eigenvalue weighted by Gasteiger charge is -2.18. The lowest BCUT2D eigenvalue weighted by atomic mass is 10.2. The molecule has 0 aromatic heterocycles. The number of ether oxygens (including phenoxy) is 1. The van der Waals surface area contributed by atoms with E-state index in [9.17, 15) is 19.2 Å². The van der Waals surface area contributed by atoms with E-state index in [-0.39, 0.29) is 19.4 Å². The fourth-order valence-electron chi connectivity index (χ4n) is 1.28. The Bertz CT molecular complexity index is 426. The van der Waals surface area contributed by atoms with Gasteiger partial charge in [-0.2, -0.15) is 0 Å². The molecule has 20 heavy (non-hydrogen) atoms. The summed E-state index contributed by atoms with van der Waals surface area (Å²) >= 11 is 3.13. The number of carbonyl (C=O) groups excluding carboxylic acids is 4. The summed E-state index contributed by atoms with van der Waals surface area (Å²) < 4.78 is 4.08. The highest BCUT2D eigenvalue weighted by Gasteiger charge is 2.34. The van der Waals surface area contributed by atoms with Crippen LogP contribution in [0.15, 0.2) is 0 Å². The molecule has 112 valence electrons. The smallest absolute Gasteiger partial charge is 0.339 e. The van der Waals surface area contributed by atoms with Crippen molar-refractivity contribution < 1.29 is 28.8 Å². The minimum absolute atomic E-state index is 0.0350. The zero-order valence-electron chi connectivity index (χ0n) is 11.5. The summed E-state index contributed by atoms with van der Waals surface area (Å²) in [6.07, 6.45) is 0.0700. The van der Waals surface area contributed by atoms with E-state index in [1.54, 1.807) is 13.8 Å². The first-order valence-corrected chi connectivity index (χ1v) is 6.86. The predicted molar refractivity (Wildman–Crippen MR) is 70.3 cm³/mol. The molecule has 1 rings (SSSR count). The van der Waals surface area contributed by atoms with Crippen LogP contribution in [0.3, 0.4) is 0 Å². The number of carbonyl (C=O) groups is 4. The van der Waals surface area contributed by atoms with E-state index in [0.29, 0.717) is 5.06 Å². The second kappa shape index (κ2) is 6.34. The number of amides is 2. The summed E-state index contributed by atoms with van der Waals surface area (Å²) in [5, 5.41) is 0.467. The number of rotatable bonds is 5. The minimum atomic E-state index is -0.850. The van der Waals surface area contributed by atoms with Gasteiger partial charge in [0.05, 0.1) is 5.92 Å². The van der Waals surface area contributed by atoms with Gasteiger partial charge in [0.15, 0.2) is 0 Å². The van der Waals surface area contributed by atoms with E-state index >= 15 is 0 Å². The van der Waals surface area contributed by atoms with Gasteiger partial charge in [-0.3, -0.25) is 14.4 Å². The topological polar surface area (TPSA) is 90.0 Å². The Balaban J connectivity index is 2.46. The lowest BCUT2D eigenvalue weighted by molar-refractivity contribution is -0.201. The van der Waals surface area contributed by atoms with E-state index in [2.05, 4.69) is 15.9 Å². The van der Waals surface area contributed by atoms with Crippen LogP contribution in [-0.2, 0) is 28.8 Å². The van der Waals surface area contributed by atoms with Gasteiger partial charge in [0.2, 0.25) is 0 Å². The first-order valence-electron chi connectivity index (χ1n) is 6.06. The number of nitrogens with zero attached hydrogens (tertiary/aromatic N) is 1. The Morgan fingerprint density at radius 2 is 1.80 bits per heavy atom. The highest BCUT2D eigenvalue weighted by Crippen LogP contribution is 2.18. The summed E-state index contributed by atoms with van der Waals surface area (Å²) in [6, 6.07) is 0. The Morgan fingerprint density at radius 3 is 2.25 bits per heavy atom. The van der Waals surface area contributed by atoms with E-state index in [0.717, 1.165) is 0 Å². The lowest BCUT2D eigenvalue weighted by Crippen LogP contribution is -2.36. The maximum atomic E-state index is 11.7. The molecule has 0 aromatic rings. The summed E-state index contributed by atoms with van der Waals surface area (Å²) in [6.45, 7) is 4.50. The maximum absolute atomic E-state index is 11.7. The number of hydrogen-bond donors (Lipinski definition) is 0. The predicted octanol–water partition coefficient (Wildman–Crippen LogP) is 0.946. The number of hydroxylamine groups is 2. The summed E-state index contributed by atoms with van der Waals surface area (Å²) in [5.74, 6) is -3.20. The molecular weight excluding hydrogens is 334 g/mol. The number of imide groups is 1. The molecule has 1 unspecified atom stereocenters. The Kier molecular flexibility index (Phi) is 5.27. The molecule has 1 atom stereocenters. The van der Waals surface area contributed by atoms with Crippen LogP contribution in [0.4, 0.5) is 0 Å². The van der Waals surface area contributed by atoms with Crippen molar-refractivity contribution in [1.29, 1.82) is 0 Å². The number of halogens is 1. The molecule has 0 bridgehead atoms. The third kappa shape index (κ3) is 4.29. The largest absolute Gasteiger partial charge is 0.464 e. The van der Waals surface area contributed by atoms with Crippen molar-refractivity contribution in [1.82, 2.24) is 5.06 Å². The Labute approximate surface area is 124 Å². The van der Waals surface area contributed by atoms with Crippen molar-refractivity contribution >= 4 is 39.7 Å². The van der Waals surface area contributed by atoms with E-state index < -0.39 is 34.0 Å². The molecule has 2 amide bonds. The average molecular weight is 350 g/mol. The van der Waals surface area contributed by atoms with Gasteiger partial charge in [-0.1, -0.05) is 15.9 Å². The molecule has 1 aliphatic rings. The quantitative estimate of drug-likeness (QED) is 0.417. The zero-order valence-corrected chi connectivity index (χ0v) is 13.1. The minimum Gasteiger partial charge on any atom is -0.464 e. The molecule has 0 N–H and O–H groups in total. The van der Waals surface area contributed by atoms with Crippen molar-refractivity contribution in [3.8, 4) is 0 Å². The van der Waals surface area contributed by atoms with Crippen LogP contribution >= 0.6 is 15.9 Å². The second-order valence-electron chi connectivity index (χ2n) is 4.96. The van der Waals surface area contributed by atoms with Gasteiger partial charge in [-0.25, -0.2) is 4.79 Å². The zero-order chi connectivity index (χ0) is 15.5. The molecule has 1 aliphatic heterocycles. The molecular formula is C12H16BrNO6. The van der Waals surface area contributed by atoms with Crippen LogP contribution in [0.5, 0.6) is 0 Å². The van der Waals surface area contributed by atoms with E-state index in [1.807, 2.05) is 0 Å². The highest BCUT2D eigenvalue weighted by molar-refractivity contribution is 9.10. The number of alkyl halides is 1. The summed E-state index contributed by atoms with van der Waals surface area (Å²) in [5.41, 5.74) is 0. The van der Waals surface area contributed by atoms with Crippen LogP contribution in [0.1, 0.15) is 33.6 Å². The molecule has 0 aromatic carbocycles. The van der Waals surface area contributed by atoms with Gasteiger partial charge in [-0.05, 0) is 20.8 Å². The highest BCUT2D eigenvalue weighted by atomic mass is 79.9. The van der Waals surface area contributed by atoms with Gasteiger partial charge in [-0.15, -0.1) is 5.06 Å². The number of esters is 1. The van der Waals surface area contributed by atoms with Gasteiger partial charge < -0.3 is 9.57 Å². The first kappa shape index (κ1) is 16.6. The van der Waals surface area contributed by atoms with Gasteiger partial charge in [0, 0.05) is 12.8 Å². The molecule has 7 nitrogen and oxygen atoms in total. The molecule has 0 spiro atoms. The maximum Gasteiger partial charge on any atom is 0.339 e. The Morgan fingerprint density at radius 1 is 1.30 bits per heavy atom. The van der Waals surface area contributed by atoms with E-state index in [1.165, 1.54) is 6.92 Å². The van der Waals surface area contributed by atoms with Crippen molar-refractivity contribution in [2.45, 2.75) is 37.9 Å². The van der Waals surface area contributed by atoms with Crippen LogP contribution in [0.2, 0.25) is 0 Å². The van der Waals surface area contributed by atoms with Crippen LogP contribution in [0, 0.1) is 5.92 Å². The number of hydrogen-bond acceptors (Lipinski definition) is 6. The van der Waals surface area contributed by atoms with Crippen molar-refractivity contribution in [2.75, 3.05) is 6.61 Å². The Hall–Kier alpha value is -1.44. The SMILES string of the molecule is CC(COC(=O)C(C)(C)Br)C(=O)ON1C(=O)CCC1=O. The third-order valence-corrected chi connectivity index (χ3v) is 2.86. The third-order valence-electron chi connectivity index (χ3n) is 2.54. The fraction of sp³-hybridized carbons (Fsp3) is 0.667. The van der Waals surface area contributed by atoms with Crippen molar-refractivity contribution in [3.05, 3.63) is 0 Å². The normalized spacial score (nSPS) is 17.1. The summed E-state index contributed by atoms with van der Waals surface area (Å²) in [7, 11) is 0. The average Bonchev–Trinajstić information content (AvgIpc) is 2.65. The molecule has 0 radical (unpaired) electrons. The van der Waals surface area contributed by atoms with Crippen molar-refractivity contribution in [3.63, 3.8) is 0 Å². The van der Waals surface area contributed by atoms with Crippen LogP contribution in [-0.4, -0.2) is 39.7 Å². The van der Waals surface area contributed by atoms with Crippen molar-refractivity contribution in [2.24, 2.45) is 5.92 Å². The van der Waals surface area contributed by atoms with Gasteiger partial charge >= 0.3 is 11.9 Å². The fourth-order valence-corrected chi connectivity index (χ4v) is 1.39. The van der Waals surface area contributed by atoms with E-state index in [4.69, 9.17) is 9.57 Å². The molecule has 1 fully saturated rings. The molecule has 1 heterocycles. The molecule has 8 heteroatoms. The summed E-state index contributed by atoms with van der Waals surface area (Å²) in [4.78, 5) is 50.4. The molecule has 0 saturated carbocycles. The monoisotopic (exact) mass is 349 g/mol. The van der Waals surface area contributed by atoms with Crippen LogP contribution in [0.25, 0.3) is 0 Å². The molecule has 0 aliphatic carbocycles. The standard InChI is InChI=1S/C12H16BrNO6/c1-7(6-19-11(18)12(2,3)13)10(17)20-14-8(15)4-5-9(14)16/h7H,4-6H2,1-3H3. The molecule has 1 saturated heterocycles. The van der Waals surface area contributed by atoms with Crippen LogP contribution < -0.4 is 0 Å². The van der Waals surface area contributed by atoms with Gasteiger partial charge in [0.1, 0.15) is 10.9 Å². The van der Waals surface area contributed by atoms with Gasteiger partial charge in [0.25, 0.3) is 11.8 Å². The second-order valence-corrected chi connectivity index (χ2v) is 6.95.